The number of rotatable bonds is 12. The molecule has 3 aromatic rings. The van der Waals surface area contributed by atoms with E-state index in [1.165, 1.54) is 0 Å². The van der Waals surface area contributed by atoms with E-state index in [9.17, 15) is 26.4 Å². The monoisotopic (exact) mass is 671 g/mol. The summed E-state index contributed by atoms with van der Waals surface area (Å²) in [5.41, 5.74) is 1.42. The quantitative estimate of drug-likeness (QED) is 0.250. The molecule has 5 rings (SSSR count). The number of amides is 1. The van der Waals surface area contributed by atoms with Gasteiger partial charge in [-0.25, -0.2) is 8.42 Å². The van der Waals surface area contributed by atoms with Crippen molar-refractivity contribution in [3.63, 3.8) is 0 Å². The Morgan fingerprint density at radius 1 is 0.979 bits per heavy atom. The van der Waals surface area contributed by atoms with Gasteiger partial charge in [0.15, 0.2) is 5.69 Å². The summed E-state index contributed by atoms with van der Waals surface area (Å²) in [6.07, 6.45) is -0.679. The second-order valence-corrected chi connectivity index (χ2v) is 13.0. The topological polar surface area (TPSA) is 123 Å². The zero-order chi connectivity index (χ0) is 33.4. The molecule has 1 amide bonds. The number of nitrogens with zero attached hydrogens (tertiary/aromatic N) is 3. The molecule has 2 aliphatic rings. The smallest absolute Gasteiger partial charge is 0.435 e. The largest absolute Gasteiger partial charge is 0.494 e. The van der Waals surface area contributed by atoms with Gasteiger partial charge in [0.25, 0.3) is 0 Å². The second kappa shape index (κ2) is 15.0. The summed E-state index contributed by atoms with van der Waals surface area (Å²) in [7, 11) is -1.97. The van der Waals surface area contributed by atoms with Gasteiger partial charge in [0, 0.05) is 37.7 Å². The number of alkyl halides is 3. The number of hydrogen-bond acceptors (Lipinski definition) is 8. The molecule has 1 aliphatic heterocycles. The average molecular weight is 672 g/mol. The van der Waals surface area contributed by atoms with E-state index in [0.717, 1.165) is 30.5 Å². The molecule has 2 aromatic carbocycles. The average Bonchev–Trinajstić information content (AvgIpc) is 3.05. The molecule has 1 saturated heterocycles. The maximum Gasteiger partial charge on any atom is 0.435 e. The van der Waals surface area contributed by atoms with E-state index in [1.807, 2.05) is 18.2 Å². The van der Waals surface area contributed by atoms with Crippen molar-refractivity contribution in [3.8, 4) is 11.6 Å². The fraction of sp³-hybridized carbons (Fsp3) is 0.364. The Balaban J connectivity index is 1.20. The normalized spacial score (nSPS) is 16.1. The van der Waals surface area contributed by atoms with Crippen LogP contribution in [0.15, 0.2) is 89.8 Å². The molecule has 0 saturated carbocycles. The van der Waals surface area contributed by atoms with Gasteiger partial charge >= 0.3 is 6.18 Å². The summed E-state index contributed by atoms with van der Waals surface area (Å²) in [6, 6.07) is 18.0. The fourth-order valence-corrected chi connectivity index (χ4v) is 6.67. The van der Waals surface area contributed by atoms with Gasteiger partial charge in [-0.1, -0.05) is 42.5 Å². The summed E-state index contributed by atoms with van der Waals surface area (Å²) in [4.78, 5) is 15.4. The Labute approximate surface area is 271 Å². The molecule has 2 N–H and O–H groups in total. The van der Waals surface area contributed by atoms with Crippen molar-refractivity contribution in [1.29, 1.82) is 0 Å². The van der Waals surface area contributed by atoms with E-state index >= 15 is 0 Å². The van der Waals surface area contributed by atoms with Crippen LogP contribution in [-0.2, 0) is 31.5 Å². The number of sulfonamides is 1. The third kappa shape index (κ3) is 9.32. The molecule has 0 spiro atoms. The molecular weight excluding hydrogens is 635 g/mol. The van der Waals surface area contributed by atoms with Gasteiger partial charge in [-0.3, -0.25) is 9.52 Å². The summed E-state index contributed by atoms with van der Waals surface area (Å²) in [6.45, 7) is 2.01. The first-order valence-electron chi connectivity index (χ1n) is 15.2. The lowest BCUT2D eigenvalue weighted by atomic mass is 9.89. The molecule has 1 aromatic heterocycles. The zero-order valence-electron chi connectivity index (χ0n) is 25.8. The molecule has 10 nitrogen and oxygen atoms in total. The second-order valence-electron chi connectivity index (χ2n) is 11.3. The summed E-state index contributed by atoms with van der Waals surface area (Å²) < 4.78 is 78.4. The molecule has 1 fully saturated rings. The first-order valence-corrected chi connectivity index (χ1v) is 16.9. The highest BCUT2D eigenvalue weighted by atomic mass is 32.2. The number of ether oxygens (including phenoxy) is 2. The van der Waals surface area contributed by atoms with Crippen LogP contribution in [-0.4, -0.2) is 62.7 Å². The lowest BCUT2D eigenvalue weighted by molar-refractivity contribution is -0.141. The van der Waals surface area contributed by atoms with Crippen molar-refractivity contribution in [1.82, 2.24) is 25.1 Å². The Bertz CT molecular complexity index is 1690. The van der Waals surface area contributed by atoms with Crippen molar-refractivity contribution in [3.05, 3.63) is 107 Å². The van der Waals surface area contributed by atoms with E-state index in [1.54, 1.807) is 54.4 Å². The van der Waals surface area contributed by atoms with Crippen LogP contribution in [0.2, 0.25) is 0 Å². The minimum Gasteiger partial charge on any atom is -0.494 e. The van der Waals surface area contributed by atoms with Crippen molar-refractivity contribution in [2.45, 2.75) is 43.5 Å². The van der Waals surface area contributed by atoms with Crippen LogP contribution in [0.5, 0.6) is 11.6 Å². The van der Waals surface area contributed by atoms with Crippen LogP contribution in [0.1, 0.15) is 48.4 Å². The predicted octanol–water partition coefficient (Wildman–Crippen LogP) is 5.28. The molecule has 0 atom stereocenters. The van der Waals surface area contributed by atoms with E-state index in [4.69, 9.17) is 9.47 Å². The number of aromatic nitrogens is 2. The van der Waals surface area contributed by atoms with Gasteiger partial charge in [-0.2, -0.15) is 13.2 Å². The van der Waals surface area contributed by atoms with Gasteiger partial charge in [0.05, 0.1) is 11.4 Å². The fourth-order valence-electron chi connectivity index (χ4n) is 5.46. The summed E-state index contributed by atoms with van der Waals surface area (Å²) >= 11 is 0. The molecule has 0 radical (unpaired) electrons. The van der Waals surface area contributed by atoms with Crippen molar-refractivity contribution in [2.24, 2.45) is 0 Å². The molecule has 47 heavy (non-hydrogen) atoms. The Morgan fingerprint density at radius 2 is 1.70 bits per heavy atom. The first-order chi connectivity index (χ1) is 22.5. The maximum absolute atomic E-state index is 13.6. The number of likely N-dealkylation sites (N-methyl/N-ethyl adjacent to an activating group) is 1. The van der Waals surface area contributed by atoms with Crippen LogP contribution in [0.3, 0.4) is 0 Å². The molecular formula is C33H36F3N5O5S. The van der Waals surface area contributed by atoms with Gasteiger partial charge in [-0.15, -0.1) is 10.2 Å². The highest BCUT2D eigenvalue weighted by Crippen LogP contribution is 2.33. The lowest BCUT2D eigenvalue weighted by Crippen LogP contribution is -2.39. The molecule has 1 aliphatic carbocycles. The van der Waals surface area contributed by atoms with Crippen molar-refractivity contribution >= 4 is 15.9 Å². The molecule has 14 heteroatoms. The third-order valence-electron chi connectivity index (χ3n) is 7.90. The lowest BCUT2D eigenvalue weighted by Gasteiger charge is -2.33. The number of likely N-dealkylation sites (tertiary alicyclic amines) is 1. The standard InChI is InChI=1S/C33H36F3N5O5S/c1-37-17-20-45-29-12-9-26(21-28(29)40-47(43,44)22-23-5-3-2-4-6-23)32(42)41-18-15-25(16-19-41)24-7-10-27(11-8-24)46-31-14-13-30(38-39-31)33(34,35)36/h2-8,10-11,13-14,21,25,37,40H,9,12,15-20,22H2,1H3. The van der Waals surface area contributed by atoms with E-state index in [-0.39, 0.29) is 29.2 Å². The number of hydrogen-bond donors (Lipinski definition) is 2. The Kier molecular flexibility index (Phi) is 10.8. The number of piperidine rings is 1. The maximum atomic E-state index is 13.6. The number of halogens is 3. The molecule has 0 bridgehead atoms. The van der Waals surface area contributed by atoms with Gasteiger partial charge in [0.2, 0.25) is 21.8 Å². The zero-order valence-corrected chi connectivity index (χ0v) is 26.6. The van der Waals surface area contributed by atoms with E-state index in [0.29, 0.717) is 61.7 Å². The summed E-state index contributed by atoms with van der Waals surface area (Å²) in [5, 5.41) is 9.67. The van der Waals surface area contributed by atoms with Gasteiger partial charge in [-0.05, 0) is 67.6 Å². The van der Waals surface area contributed by atoms with Crippen molar-refractivity contribution < 1.29 is 35.9 Å². The number of benzene rings is 2. The minimum absolute atomic E-state index is 0.0479. The minimum atomic E-state index is -4.58. The van der Waals surface area contributed by atoms with Crippen LogP contribution in [0, 0.1) is 0 Å². The first kappa shape index (κ1) is 33.9. The van der Waals surface area contributed by atoms with E-state index < -0.39 is 21.9 Å². The number of carbonyl (C=O) groups is 1. The predicted molar refractivity (Wildman–Crippen MR) is 169 cm³/mol. The van der Waals surface area contributed by atoms with Crippen LogP contribution >= 0.6 is 0 Å². The van der Waals surface area contributed by atoms with Crippen LogP contribution in [0.4, 0.5) is 13.2 Å². The highest BCUT2D eigenvalue weighted by Gasteiger charge is 2.33. The SMILES string of the molecule is CNCCOC1=C(NS(=O)(=O)Cc2ccccc2)C=C(C(=O)N2CCC(c3ccc(Oc4ccc(C(F)(F)F)nn4)cc3)CC2)CC1. The number of nitrogens with one attached hydrogen (secondary N) is 2. The Hall–Kier alpha value is -4.43. The van der Waals surface area contributed by atoms with Crippen LogP contribution in [0.25, 0.3) is 0 Å². The van der Waals surface area contributed by atoms with Crippen molar-refractivity contribution in [2.75, 3.05) is 33.3 Å². The van der Waals surface area contributed by atoms with Gasteiger partial charge in [0.1, 0.15) is 18.1 Å². The van der Waals surface area contributed by atoms with E-state index in [2.05, 4.69) is 20.2 Å². The Morgan fingerprint density at radius 3 is 2.34 bits per heavy atom. The highest BCUT2D eigenvalue weighted by molar-refractivity contribution is 7.88. The van der Waals surface area contributed by atoms with Crippen LogP contribution < -0.4 is 14.8 Å². The molecule has 250 valence electrons. The third-order valence-corrected chi connectivity index (χ3v) is 9.14. The number of allylic oxidation sites excluding steroid dienone is 2. The molecule has 0 unspecified atom stereocenters. The molecule has 2 heterocycles. The summed E-state index contributed by atoms with van der Waals surface area (Å²) in [5.74, 6) is 0.739. The number of carbonyl (C=O) groups excluding carboxylic acids is 1. The van der Waals surface area contributed by atoms with Gasteiger partial charge < -0.3 is 19.7 Å².